The number of nitrogens with zero attached hydrogens (tertiary/aromatic N) is 1. The Hall–Kier alpha value is -2.55. The van der Waals surface area contributed by atoms with Gasteiger partial charge in [0.1, 0.15) is 19.8 Å². The lowest BCUT2D eigenvalue weighted by Crippen LogP contribution is -2.37. The second kappa shape index (κ2) is 47.5. The maximum absolute atomic E-state index is 12.8. The van der Waals surface area contributed by atoms with Crippen LogP contribution < -0.4 is 0 Å². The summed E-state index contributed by atoms with van der Waals surface area (Å²) in [5.74, 6) is -0.828. The SMILES string of the molecule is CCCCCCC/C=C\C/C=C\C/C=C\CCCCCCCCC(=O)OCC(COP(=O)(O)OCC[N+](C)(C)C)OC(=O)CCCCCCCC/C=C\C/C=C\C/C=C\CCCCCCC. The summed E-state index contributed by atoms with van der Waals surface area (Å²) in [4.78, 5) is 35.6. The molecule has 0 saturated carbocycles. The number of phosphoric acid groups is 1. The summed E-state index contributed by atoms with van der Waals surface area (Å²) in [6.07, 6.45) is 60.9. The molecule has 0 aliphatic heterocycles. The molecule has 0 aromatic rings. The molecule has 2 atom stereocenters. The van der Waals surface area contributed by atoms with Crippen LogP contribution in [0.2, 0.25) is 0 Å². The standard InChI is InChI=1S/C56H100NO8P/c1-6-8-10-12-14-16-18-20-22-24-26-28-30-32-34-36-38-40-42-44-46-48-55(58)62-52-54(53-64-66(60,61)63-51-50-57(3,4)5)65-56(59)49-47-45-43-41-39-37-35-33-31-29-27-25-23-21-19-17-15-13-11-9-7-2/h18-21,24-27,30-33,54H,6-17,22-23,28-29,34-53H2,1-5H3/p+1/b20-18-,21-19-,26-24-,27-25-,32-30-,33-31-. The molecule has 0 aromatic carbocycles. The summed E-state index contributed by atoms with van der Waals surface area (Å²) >= 11 is 0. The number of rotatable bonds is 48. The van der Waals surface area contributed by atoms with Crippen LogP contribution >= 0.6 is 7.82 Å². The molecular formula is C56H101NO8P+. The summed E-state index contributed by atoms with van der Waals surface area (Å²) in [7, 11) is 1.45. The van der Waals surface area contributed by atoms with Crippen molar-refractivity contribution in [2.45, 2.75) is 225 Å². The third kappa shape index (κ3) is 50.9. The minimum absolute atomic E-state index is 0.0232. The summed E-state index contributed by atoms with van der Waals surface area (Å²) in [6.45, 7) is 4.38. The van der Waals surface area contributed by atoms with Crippen molar-refractivity contribution in [1.29, 1.82) is 0 Å². The van der Waals surface area contributed by atoms with Gasteiger partial charge >= 0.3 is 19.8 Å². The number of hydrogen-bond acceptors (Lipinski definition) is 7. The van der Waals surface area contributed by atoms with E-state index in [9.17, 15) is 19.0 Å². The van der Waals surface area contributed by atoms with Gasteiger partial charge < -0.3 is 18.9 Å². The predicted molar refractivity (Wildman–Crippen MR) is 279 cm³/mol. The van der Waals surface area contributed by atoms with Gasteiger partial charge in [0.25, 0.3) is 0 Å². The second-order valence-corrected chi connectivity index (χ2v) is 20.4. The van der Waals surface area contributed by atoms with Crippen LogP contribution in [0.3, 0.4) is 0 Å². The van der Waals surface area contributed by atoms with Gasteiger partial charge in [0.15, 0.2) is 6.10 Å². The molecular weight excluding hydrogens is 846 g/mol. The largest absolute Gasteiger partial charge is 0.472 e. The normalized spacial score (nSPS) is 14.0. The van der Waals surface area contributed by atoms with Crippen molar-refractivity contribution in [2.75, 3.05) is 47.5 Å². The van der Waals surface area contributed by atoms with E-state index in [1.165, 1.54) is 89.9 Å². The van der Waals surface area contributed by atoms with E-state index in [0.717, 1.165) is 96.3 Å². The highest BCUT2D eigenvalue weighted by atomic mass is 31.2. The maximum Gasteiger partial charge on any atom is 0.472 e. The average Bonchev–Trinajstić information content (AvgIpc) is 3.27. The van der Waals surface area contributed by atoms with Crippen LogP contribution in [-0.4, -0.2) is 74.9 Å². The van der Waals surface area contributed by atoms with E-state index < -0.39 is 26.5 Å². The first-order valence-corrected chi connectivity index (χ1v) is 28.2. The molecule has 0 radical (unpaired) electrons. The fraction of sp³-hybridized carbons (Fsp3) is 0.750. The van der Waals surface area contributed by atoms with Crippen molar-refractivity contribution in [1.82, 2.24) is 0 Å². The predicted octanol–water partition coefficient (Wildman–Crippen LogP) is 16.1. The number of hydrogen-bond donors (Lipinski definition) is 1. The van der Waals surface area contributed by atoms with Gasteiger partial charge in [0.05, 0.1) is 27.7 Å². The van der Waals surface area contributed by atoms with E-state index in [1.807, 2.05) is 21.1 Å². The molecule has 10 heteroatoms. The molecule has 2 unspecified atom stereocenters. The topological polar surface area (TPSA) is 108 Å². The number of likely N-dealkylation sites (N-methyl/N-ethyl adjacent to an activating group) is 1. The summed E-state index contributed by atoms with van der Waals surface area (Å²) in [6, 6.07) is 0. The van der Waals surface area contributed by atoms with Crippen molar-refractivity contribution >= 4 is 19.8 Å². The van der Waals surface area contributed by atoms with Gasteiger partial charge in [-0.05, 0) is 89.9 Å². The van der Waals surface area contributed by atoms with Gasteiger partial charge in [-0.1, -0.05) is 189 Å². The van der Waals surface area contributed by atoms with Crippen LogP contribution in [-0.2, 0) is 32.7 Å². The molecule has 0 rings (SSSR count). The molecule has 0 aliphatic rings. The van der Waals surface area contributed by atoms with Crippen LogP contribution in [0.15, 0.2) is 72.9 Å². The van der Waals surface area contributed by atoms with E-state index in [0.29, 0.717) is 17.4 Å². The van der Waals surface area contributed by atoms with Gasteiger partial charge in [-0.15, -0.1) is 0 Å². The van der Waals surface area contributed by atoms with Crippen molar-refractivity contribution in [3.63, 3.8) is 0 Å². The summed E-state index contributed by atoms with van der Waals surface area (Å²) in [5, 5.41) is 0. The number of phosphoric ester groups is 1. The lowest BCUT2D eigenvalue weighted by molar-refractivity contribution is -0.870. The van der Waals surface area contributed by atoms with Crippen LogP contribution in [0.4, 0.5) is 0 Å². The first-order chi connectivity index (χ1) is 32.0. The average molecular weight is 947 g/mol. The highest BCUT2D eigenvalue weighted by Gasteiger charge is 2.27. The van der Waals surface area contributed by atoms with Crippen molar-refractivity contribution in [3.8, 4) is 0 Å². The number of carbonyl (C=O) groups excluding carboxylic acids is 2. The van der Waals surface area contributed by atoms with Crippen LogP contribution in [0.1, 0.15) is 219 Å². The maximum atomic E-state index is 12.8. The molecule has 0 fully saturated rings. The zero-order valence-electron chi connectivity index (χ0n) is 43.2. The molecule has 0 aliphatic carbocycles. The van der Waals surface area contributed by atoms with E-state index in [4.69, 9.17) is 18.5 Å². The second-order valence-electron chi connectivity index (χ2n) is 18.9. The molecule has 1 N–H and O–H groups in total. The Morgan fingerprint density at radius 3 is 1.21 bits per heavy atom. The van der Waals surface area contributed by atoms with Crippen molar-refractivity contribution in [3.05, 3.63) is 72.9 Å². The lowest BCUT2D eigenvalue weighted by atomic mass is 10.1. The summed E-state index contributed by atoms with van der Waals surface area (Å²) < 4.78 is 34.5. The van der Waals surface area contributed by atoms with Crippen LogP contribution in [0.25, 0.3) is 0 Å². The van der Waals surface area contributed by atoms with Crippen molar-refractivity contribution < 1.29 is 42.1 Å². The molecule has 0 amide bonds. The minimum atomic E-state index is -4.39. The van der Waals surface area contributed by atoms with E-state index in [2.05, 4.69) is 86.8 Å². The Labute approximate surface area is 406 Å². The lowest BCUT2D eigenvalue weighted by Gasteiger charge is -2.24. The Bertz CT molecular complexity index is 1350. The number of ether oxygens (including phenoxy) is 2. The van der Waals surface area contributed by atoms with Crippen LogP contribution in [0, 0.1) is 0 Å². The zero-order valence-corrected chi connectivity index (χ0v) is 44.1. The highest BCUT2D eigenvalue weighted by molar-refractivity contribution is 7.47. The number of quaternary nitrogens is 1. The van der Waals surface area contributed by atoms with E-state index in [-0.39, 0.29) is 32.0 Å². The van der Waals surface area contributed by atoms with Gasteiger partial charge in [-0.2, -0.15) is 0 Å². The number of esters is 2. The first-order valence-electron chi connectivity index (χ1n) is 26.7. The first kappa shape index (κ1) is 63.5. The van der Waals surface area contributed by atoms with E-state index >= 15 is 0 Å². The molecule has 0 aromatic heterocycles. The smallest absolute Gasteiger partial charge is 0.462 e. The molecule has 9 nitrogen and oxygen atoms in total. The Morgan fingerprint density at radius 2 is 0.818 bits per heavy atom. The Balaban J connectivity index is 4.31. The number of allylic oxidation sites excluding steroid dienone is 12. The van der Waals surface area contributed by atoms with Crippen molar-refractivity contribution in [2.24, 2.45) is 0 Å². The fourth-order valence-electron chi connectivity index (χ4n) is 7.03. The Kier molecular flexibility index (Phi) is 45.7. The van der Waals surface area contributed by atoms with E-state index in [1.54, 1.807) is 0 Å². The van der Waals surface area contributed by atoms with Gasteiger partial charge in [0.2, 0.25) is 0 Å². The summed E-state index contributed by atoms with van der Waals surface area (Å²) in [5.41, 5.74) is 0. The Morgan fingerprint density at radius 1 is 0.470 bits per heavy atom. The molecule has 0 heterocycles. The molecule has 0 spiro atoms. The molecule has 382 valence electrons. The number of unbranched alkanes of at least 4 members (excludes halogenated alkanes) is 22. The third-order valence-corrected chi connectivity index (χ3v) is 12.2. The zero-order chi connectivity index (χ0) is 48.5. The minimum Gasteiger partial charge on any atom is -0.462 e. The monoisotopic (exact) mass is 947 g/mol. The quantitative estimate of drug-likeness (QED) is 0.0211. The molecule has 0 saturated heterocycles. The van der Waals surface area contributed by atoms with Gasteiger partial charge in [0, 0.05) is 12.8 Å². The molecule has 0 bridgehead atoms. The third-order valence-electron chi connectivity index (χ3n) is 11.2. The highest BCUT2D eigenvalue weighted by Crippen LogP contribution is 2.43. The molecule has 66 heavy (non-hydrogen) atoms. The number of carbonyl (C=O) groups is 2. The van der Waals surface area contributed by atoms with Gasteiger partial charge in [-0.25, -0.2) is 4.57 Å². The van der Waals surface area contributed by atoms with Crippen LogP contribution in [0.5, 0.6) is 0 Å². The van der Waals surface area contributed by atoms with Gasteiger partial charge in [-0.3, -0.25) is 18.6 Å². The fourth-order valence-corrected chi connectivity index (χ4v) is 7.77.